The van der Waals surface area contributed by atoms with Crippen LogP contribution in [-0.4, -0.2) is 12.6 Å². The Kier molecular flexibility index (Phi) is 5.66. The maximum atomic E-state index is 3.72. The minimum absolute atomic E-state index is 0.577. The zero-order chi connectivity index (χ0) is 11.1. The fourth-order valence-corrected chi connectivity index (χ4v) is 2.58. The van der Waals surface area contributed by atoms with Gasteiger partial charge in [-0.15, -0.1) is 17.9 Å². The van der Waals surface area contributed by atoms with Crippen LogP contribution < -0.4 is 5.32 Å². The molecule has 0 radical (unpaired) electrons. The summed E-state index contributed by atoms with van der Waals surface area (Å²) in [6, 6.07) is 5.01. The van der Waals surface area contributed by atoms with E-state index in [1.165, 1.54) is 16.2 Å². The molecule has 15 heavy (non-hydrogen) atoms. The first-order valence-electron chi connectivity index (χ1n) is 5.62. The monoisotopic (exact) mass is 223 g/mol. The van der Waals surface area contributed by atoms with Crippen molar-refractivity contribution in [2.24, 2.45) is 0 Å². The van der Waals surface area contributed by atoms with Crippen molar-refractivity contribution < 1.29 is 0 Å². The summed E-state index contributed by atoms with van der Waals surface area (Å²) in [5.74, 6) is 0. The van der Waals surface area contributed by atoms with Gasteiger partial charge >= 0.3 is 0 Å². The van der Waals surface area contributed by atoms with E-state index in [2.05, 4.69) is 37.9 Å². The highest BCUT2D eigenvalue weighted by Gasteiger charge is 2.03. The van der Waals surface area contributed by atoms with Crippen LogP contribution in [0.25, 0.3) is 0 Å². The number of hydrogen-bond acceptors (Lipinski definition) is 2. The van der Waals surface area contributed by atoms with E-state index in [0.29, 0.717) is 6.04 Å². The van der Waals surface area contributed by atoms with Crippen LogP contribution in [-0.2, 0) is 6.42 Å². The van der Waals surface area contributed by atoms with Gasteiger partial charge in [0.1, 0.15) is 0 Å². The molecule has 1 aromatic heterocycles. The number of rotatable bonds is 7. The molecule has 0 aliphatic rings. The lowest BCUT2D eigenvalue weighted by Gasteiger charge is -2.11. The Morgan fingerprint density at radius 3 is 2.93 bits per heavy atom. The summed E-state index contributed by atoms with van der Waals surface area (Å²) in [7, 11) is 0. The van der Waals surface area contributed by atoms with E-state index in [1.807, 2.05) is 17.4 Å². The van der Waals surface area contributed by atoms with Crippen LogP contribution in [0.4, 0.5) is 0 Å². The zero-order valence-electron chi connectivity index (χ0n) is 9.75. The van der Waals surface area contributed by atoms with Crippen LogP contribution in [0.15, 0.2) is 24.8 Å². The Bertz CT molecular complexity index is 290. The van der Waals surface area contributed by atoms with E-state index in [-0.39, 0.29) is 0 Å². The number of hydrogen-bond donors (Lipinski definition) is 1. The molecule has 0 saturated carbocycles. The van der Waals surface area contributed by atoms with Crippen molar-refractivity contribution in [3.05, 3.63) is 34.5 Å². The predicted octanol–water partition coefficient (Wildman–Crippen LogP) is 3.54. The molecular formula is C13H21NS. The normalized spacial score (nSPS) is 12.7. The maximum Gasteiger partial charge on any atom is 0.00870 e. The molecule has 0 aromatic carbocycles. The summed E-state index contributed by atoms with van der Waals surface area (Å²) < 4.78 is 0. The standard InChI is InChI=1S/C13H21NS/c1-4-5-6-9-14-11(2)10-13-8-7-12(3)15-13/h4,7-8,11,14H,1,5-6,9-10H2,2-3H3. The lowest BCUT2D eigenvalue weighted by atomic mass is 10.2. The smallest absolute Gasteiger partial charge is 0.00870 e. The molecule has 1 N–H and O–H groups in total. The van der Waals surface area contributed by atoms with Crippen LogP contribution in [0.5, 0.6) is 0 Å². The molecule has 0 aliphatic heterocycles. The molecule has 84 valence electrons. The third-order valence-electron chi connectivity index (χ3n) is 2.38. The first-order chi connectivity index (χ1) is 7.22. The quantitative estimate of drug-likeness (QED) is 0.550. The van der Waals surface area contributed by atoms with Gasteiger partial charge in [0.05, 0.1) is 0 Å². The van der Waals surface area contributed by atoms with Crippen molar-refractivity contribution in [1.82, 2.24) is 5.32 Å². The fraction of sp³-hybridized carbons (Fsp3) is 0.538. The lowest BCUT2D eigenvalue weighted by Crippen LogP contribution is -2.28. The molecule has 0 amide bonds. The van der Waals surface area contributed by atoms with Gasteiger partial charge in [-0.1, -0.05) is 6.08 Å². The van der Waals surface area contributed by atoms with Crippen molar-refractivity contribution in [2.75, 3.05) is 6.54 Å². The van der Waals surface area contributed by atoms with Crippen LogP contribution in [0.3, 0.4) is 0 Å². The minimum Gasteiger partial charge on any atom is -0.314 e. The van der Waals surface area contributed by atoms with Gasteiger partial charge in [0.2, 0.25) is 0 Å². The largest absolute Gasteiger partial charge is 0.314 e. The molecule has 0 fully saturated rings. The zero-order valence-corrected chi connectivity index (χ0v) is 10.6. The second-order valence-electron chi connectivity index (χ2n) is 4.00. The molecule has 1 aromatic rings. The molecule has 1 heterocycles. The average molecular weight is 223 g/mol. The molecular weight excluding hydrogens is 202 g/mol. The fourth-order valence-electron chi connectivity index (χ4n) is 1.56. The van der Waals surface area contributed by atoms with E-state index < -0.39 is 0 Å². The molecule has 0 spiro atoms. The first kappa shape index (κ1) is 12.5. The third kappa shape index (κ3) is 5.14. The summed E-state index contributed by atoms with van der Waals surface area (Å²) in [5.41, 5.74) is 0. The maximum absolute atomic E-state index is 3.72. The SMILES string of the molecule is C=CCCCNC(C)Cc1ccc(C)s1. The number of unbranched alkanes of at least 4 members (excludes halogenated alkanes) is 1. The van der Waals surface area contributed by atoms with Crippen LogP contribution in [0.1, 0.15) is 29.5 Å². The highest BCUT2D eigenvalue weighted by Crippen LogP contribution is 2.16. The van der Waals surface area contributed by atoms with Gasteiger partial charge in [-0.2, -0.15) is 0 Å². The van der Waals surface area contributed by atoms with Gasteiger partial charge in [-0.25, -0.2) is 0 Å². The van der Waals surface area contributed by atoms with E-state index in [9.17, 15) is 0 Å². The predicted molar refractivity (Wildman–Crippen MR) is 69.7 cm³/mol. The van der Waals surface area contributed by atoms with E-state index in [1.54, 1.807) is 0 Å². The van der Waals surface area contributed by atoms with Crippen molar-refractivity contribution in [2.45, 2.75) is 39.2 Å². The van der Waals surface area contributed by atoms with Gasteiger partial charge in [0.25, 0.3) is 0 Å². The lowest BCUT2D eigenvalue weighted by molar-refractivity contribution is 0.539. The van der Waals surface area contributed by atoms with Crippen molar-refractivity contribution in [3.63, 3.8) is 0 Å². The Morgan fingerprint density at radius 2 is 2.33 bits per heavy atom. The Labute approximate surface area is 97.2 Å². The molecule has 2 heteroatoms. The second-order valence-corrected chi connectivity index (χ2v) is 5.38. The summed E-state index contributed by atoms with van der Waals surface area (Å²) in [4.78, 5) is 2.89. The number of aryl methyl sites for hydroxylation is 1. The van der Waals surface area contributed by atoms with Crippen LogP contribution in [0, 0.1) is 6.92 Å². The van der Waals surface area contributed by atoms with Gasteiger partial charge in [0.15, 0.2) is 0 Å². The number of allylic oxidation sites excluding steroid dienone is 1. The number of thiophene rings is 1. The van der Waals surface area contributed by atoms with Gasteiger partial charge in [-0.3, -0.25) is 0 Å². The highest BCUT2D eigenvalue weighted by molar-refractivity contribution is 7.11. The number of nitrogens with one attached hydrogen (secondary N) is 1. The van der Waals surface area contributed by atoms with Gasteiger partial charge < -0.3 is 5.32 Å². The van der Waals surface area contributed by atoms with Crippen molar-refractivity contribution >= 4 is 11.3 Å². The molecule has 0 aliphatic carbocycles. The van der Waals surface area contributed by atoms with Gasteiger partial charge in [0, 0.05) is 15.8 Å². The Morgan fingerprint density at radius 1 is 1.53 bits per heavy atom. The summed E-state index contributed by atoms with van der Waals surface area (Å²) in [6.07, 6.45) is 5.43. The van der Waals surface area contributed by atoms with Crippen molar-refractivity contribution in [3.8, 4) is 0 Å². The summed E-state index contributed by atoms with van der Waals surface area (Å²) >= 11 is 1.90. The molecule has 1 rings (SSSR count). The Balaban J connectivity index is 2.18. The van der Waals surface area contributed by atoms with E-state index in [4.69, 9.17) is 0 Å². The van der Waals surface area contributed by atoms with E-state index in [0.717, 1.165) is 19.4 Å². The summed E-state index contributed by atoms with van der Waals surface area (Å²) in [6.45, 7) is 9.23. The van der Waals surface area contributed by atoms with Gasteiger partial charge in [-0.05, 0) is 51.8 Å². The molecule has 1 nitrogen and oxygen atoms in total. The molecule has 0 bridgehead atoms. The highest BCUT2D eigenvalue weighted by atomic mass is 32.1. The Hall–Kier alpha value is -0.600. The van der Waals surface area contributed by atoms with Crippen LogP contribution >= 0.6 is 11.3 Å². The second kappa shape index (κ2) is 6.81. The first-order valence-corrected chi connectivity index (χ1v) is 6.43. The van der Waals surface area contributed by atoms with Crippen LogP contribution in [0.2, 0.25) is 0 Å². The average Bonchev–Trinajstić information content (AvgIpc) is 2.59. The topological polar surface area (TPSA) is 12.0 Å². The molecule has 1 unspecified atom stereocenters. The van der Waals surface area contributed by atoms with Crippen molar-refractivity contribution in [1.29, 1.82) is 0 Å². The summed E-state index contributed by atoms with van der Waals surface area (Å²) in [5, 5.41) is 3.53. The van der Waals surface area contributed by atoms with E-state index >= 15 is 0 Å². The molecule has 0 saturated heterocycles. The minimum atomic E-state index is 0.577. The third-order valence-corrected chi connectivity index (χ3v) is 3.40. The molecule has 1 atom stereocenters.